The SMILES string of the molecule is CCC(C)CC(C)CC(C)C.CCC(C)CCCC(C)C.CCCCC(C)CC(C)C.CCCCCCC(C)C. The van der Waals surface area contributed by atoms with Gasteiger partial charge in [-0.15, -0.1) is 0 Å². The predicted octanol–water partition coefficient (Wildman–Crippen LogP) is 15.4. The van der Waals surface area contributed by atoms with E-state index in [2.05, 4.69) is 111 Å². The monoisotopic (exact) mass is 569 g/mol. The second kappa shape index (κ2) is 35.2. The molecule has 0 rings (SSSR count). The lowest BCUT2D eigenvalue weighted by Gasteiger charge is -2.17. The Bertz CT molecular complexity index is 418. The van der Waals surface area contributed by atoms with Crippen molar-refractivity contribution in [2.24, 2.45) is 47.3 Å². The molecule has 0 amide bonds. The fourth-order valence-corrected chi connectivity index (χ4v) is 5.29. The third-order valence-corrected chi connectivity index (χ3v) is 8.11. The summed E-state index contributed by atoms with van der Waals surface area (Å²) < 4.78 is 0. The predicted molar refractivity (Wildman–Crippen MR) is 193 cm³/mol. The van der Waals surface area contributed by atoms with Crippen LogP contribution >= 0.6 is 0 Å². The molecule has 4 atom stereocenters. The Morgan fingerprint density at radius 1 is 0.300 bits per heavy atom. The van der Waals surface area contributed by atoms with Gasteiger partial charge in [-0.3, -0.25) is 0 Å². The molecular formula is C40H88. The minimum atomic E-state index is 0.869. The third-order valence-electron chi connectivity index (χ3n) is 8.11. The van der Waals surface area contributed by atoms with Crippen LogP contribution in [0.2, 0.25) is 0 Å². The highest BCUT2D eigenvalue weighted by Crippen LogP contribution is 2.21. The Kier molecular flexibility index (Phi) is 41.3. The van der Waals surface area contributed by atoms with Crippen molar-refractivity contribution in [3.8, 4) is 0 Å². The second-order valence-corrected chi connectivity index (χ2v) is 15.4. The van der Waals surface area contributed by atoms with Crippen LogP contribution in [0, 0.1) is 47.3 Å². The van der Waals surface area contributed by atoms with Gasteiger partial charge in [0.25, 0.3) is 0 Å². The summed E-state index contributed by atoms with van der Waals surface area (Å²) in [6, 6.07) is 0. The molecule has 40 heavy (non-hydrogen) atoms. The second-order valence-electron chi connectivity index (χ2n) is 15.4. The van der Waals surface area contributed by atoms with Gasteiger partial charge in [-0.25, -0.2) is 0 Å². The van der Waals surface area contributed by atoms with Gasteiger partial charge in [0, 0.05) is 0 Å². The minimum Gasteiger partial charge on any atom is -0.0654 e. The Labute approximate surface area is 260 Å². The van der Waals surface area contributed by atoms with E-state index < -0.39 is 0 Å². The molecule has 248 valence electrons. The van der Waals surface area contributed by atoms with Gasteiger partial charge in [-0.1, -0.05) is 194 Å². The van der Waals surface area contributed by atoms with Crippen molar-refractivity contribution in [2.75, 3.05) is 0 Å². The van der Waals surface area contributed by atoms with Crippen LogP contribution in [0.4, 0.5) is 0 Å². The van der Waals surface area contributed by atoms with E-state index >= 15 is 0 Å². The standard InChI is InChI=1S/C11H24.2C10H22.C9H20/c1-6-10(4)8-11(5)7-9(2)3;1-5-10(4)8-6-7-9(2)3;1-5-6-7-10(4)8-9(2)3;1-4-5-6-7-8-9(2)3/h9-11H,6-8H2,1-5H3;2*9-10H,5-8H2,1-4H3;9H,4-8H2,1-3H3. The lowest BCUT2D eigenvalue weighted by atomic mass is 9.89. The fraction of sp³-hybridized carbons (Fsp3) is 1.00. The Morgan fingerprint density at radius 2 is 0.725 bits per heavy atom. The lowest BCUT2D eigenvalue weighted by molar-refractivity contribution is 0.350. The molecule has 0 aliphatic rings. The molecule has 0 fully saturated rings. The van der Waals surface area contributed by atoms with Gasteiger partial charge in [0.2, 0.25) is 0 Å². The maximum atomic E-state index is 2.38. The van der Waals surface area contributed by atoms with Crippen LogP contribution in [0.25, 0.3) is 0 Å². The maximum absolute atomic E-state index is 2.38. The molecule has 4 unspecified atom stereocenters. The van der Waals surface area contributed by atoms with Crippen molar-refractivity contribution in [1.29, 1.82) is 0 Å². The summed E-state index contributed by atoms with van der Waals surface area (Å²) in [6.45, 7) is 37.0. The van der Waals surface area contributed by atoms with Crippen LogP contribution in [0.3, 0.4) is 0 Å². The van der Waals surface area contributed by atoms with Crippen LogP contribution in [-0.4, -0.2) is 0 Å². The van der Waals surface area contributed by atoms with E-state index in [0.29, 0.717) is 0 Å². The molecular weight excluding hydrogens is 480 g/mol. The van der Waals surface area contributed by atoms with Crippen LogP contribution in [-0.2, 0) is 0 Å². The minimum absolute atomic E-state index is 0.869. The van der Waals surface area contributed by atoms with Crippen LogP contribution in [0.15, 0.2) is 0 Å². The largest absolute Gasteiger partial charge is 0.0654 e. The molecule has 0 aromatic heterocycles. The molecule has 0 aromatic rings. The Morgan fingerprint density at radius 3 is 1.12 bits per heavy atom. The van der Waals surface area contributed by atoms with Crippen molar-refractivity contribution in [1.82, 2.24) is 0 Å². The first-order valence-corrected chi connectivity index (χ1v) is 18.7. The number of unbranched alkanes of at least 4 members (excludes halogenated alkanes) is 4. The highest BCUT2D eigenvalue weighted by atomic mass is 14.1. The van der Waals surface area contributed by atoms with E-state index in [4.69, 9.17) is 0 Å². The molecule has 0 heterocycles. The topological polar surface area (TPSA) is 0 Å². The first-order chi connectivity index (χ1) is 18.7. The zero-order valence-electron chi connectivity index (χ0n) is 31.9. The summed E-state index contributed by atoms with van der Waals surface area (Å²) in [5, 5.41) is 0. The Balaban J connectivity index is -0.000000217. The molecule has 0 saturated heterocycles. The van der Waals surface area contributed by atoms with Gasteiger partial charge >= 0.3 is 0 Å². The van der Waals surface area contributed by atoms with Crippen molar-refractivity contribution >= 4 is 0 Å². The highest BCUT2D eigenvalue weighted by molar-refractivity contribution is 4.60. The quantitative estimate of drug-likeness (QED) is 0.128. The van der Waals surface area contributed by atoms with Gasteiger partial charge < -0.3 is 0 Å². The van der Waals surface area contributed by atoms with Crippen LogP contribution in [0.1, 0.15) is 214 Å². The fourth-order valence-electron chi connectivity index (χ4n) is 5.29. The van der Waals surface area contributed by atoms with E-state index in [9.17, 15) is 0 Å². The van der Waals surface area contributed by atoms with E-state index in [1.807, 2.05) is 0 Å². The highest BCUT2D eigenvalue weighted by Gasteiger charge is 2.08. The molecule has 0 radical (unpaired) electrons. The summed E-state index contributed by atoms with van der Waals surface area (Å²) in [7, 11) is 0. The first kappa shape index (κ1) is 46.9. The van der Waals surface area contributed by atoms with Gasteiger partial charge in [0.15, 0.2) is 0 Å². The smallest absolute Gasteiger partial charge is 0.0438 e. The zero-order valence-corrected chi connectivity index (χ0v) is 31.9. The third kappa shape index (κ3) is 50.8. The maximum Gasteiger partial charge on any atom is -0.0438 e. The van der Waals surface area contributed by atoms with Gasteiger partial charge in [0.1, 0.15) is 0 Å². The van der Waals surface area contributed by atoms with Gasteiger partial charge in [-0.2, -0.15) is 0 Å². The molecule has 0 spiro atoms. The van der Waals surface area contributed by atoms with Crippen molar-refractivity contribution in [3.05, 3.63) is 0 Å². The number of hydrogen-bond acceptors (Lipinski definition) is 0. The molecule has 0 bridgehead atoms. The van der Waals surface area contributed by atoms with Crippen LogP contribution in [0.5, 0.6) is 0 Å². The number of rotatable bonds is 20. The molecule has 0 heteroatoms. The summed E-state index contributed by atoms with van der Waals surface area (Å²) >= 11 is 0. The molecule has 0 aliphatic heterocycles. The first-order valence-electron chi connectivity index (χ1n) is 18.7. The molecule has 0 nitrogen and oxygen atoms in total. The van der Waals surface area contributed by atoms with Crippen molar-refractivity contribution in [3.63, 3.8) is 0 Å². The normalized spacial score (nSPS) is 14.1. The number of hydrogen-bond donors (Lipinski definition) is 0. The average molecular weight is 569 g/mol. The summed E-state index contributed by atoms with van der Waals surface area (Å²) in [6.07, 6.45) is 22.4. The van der Waals surface area contributed by atoms with E-state index in [1.54, 1.807) is 0 Å². The van der Waals surface area contributed by atoms with Crippen molar-refractivity contribution < 1.29 is 0 Å². The summed E-state index contributed by atoms with van der Waals surface area (Å²) in [5.41, 5.74) is 0. The lowest BCUT2D eigenvalue weighted by Crippen LogP contribution is -2.05. The average Bonchev–Trinajstić information content (AvgIpc) is 2.85. The Hall–Kier alpha value is 0. The molecule has 0 aromatic carbocycles. The van der Waals surface area contributed by atoms with Gasteiger partial charge in [0.05, 0.1) is 0 Å². The molecule has 0 saturated carbocycles. The molecule has 0 N–H and O–H groups in total. The van der Waals surface area contributed by atoms with Crippen molar-refractivity contribution in [2.45, 2.75) is 214 Å². The van der Waals surface area contributed by atoms with Gasteiger partial charge in [-0.05, 0) is 66.6 Å². The summed E-state index contributed by atoms with van der Waals surface area (Å²) in [4.78, 5) is 0. The molecule has 0 aliphatic carbocycles. The van der Waals surface area contributed by atoms with E-state index in [0.717, 1.165) is 47.3 Å². The van der Waals surface area contributed by atoms with E-state index in [1.165, 1.54) is 103 Å². The summed E-state index contributed by atoms with van der Waals surface area (Å²) in [5.74, 6) is 7.28. The zero-order chi connectivity index (χ0) is 31.9. The van der Waals surface area contributed by atoms with Crippen LogP contribution < -0.4 is 0 Å². The van der Waals surface area contributed by atoms with E-state index in [-0.39, 0.29) is 0 Å².